The van der Waals surface area contributed by atoms with E-state index >= 15 is 0 Å². The second-order valence-corrected chi connectivity index (χ2v) is 3.77. The fourth-order valence-electron chi connectivity index (χ4n) is 1.94. The van der Waals surface area contributed by atoms with E-state index in [1.54, 1.807) is 0 Å². The minimum atomic E-state index is 0.427. The molecule has 14 heavy (non-hydrogen) atoms. The van der Waals surface area contributed by atoms with Gasteiger partial charge in [0.2, 0.25) is 0 Å². The first-order chi connectivity index (χ1) is 6.90. The van der Waals surface area contributed by atoms with E-state index in [4.69, 9.17) is 4.74 Å². The van der Waals surface area contributed by atoms with Crippen molar-refractivity contribution in [1.82, 2.24) is 0 Å². The van der Waals surface area contributed by atoms with Crippen molar-refractivity contribution in [2.45, 2.75) is 31.8 Å². The molecule has 0 amide bonds. The molecule has 0 heterocycles. The molecule has 1 aromatic rings. The van der Waals surface area contributed by atoms with Gasteiger partial charge in [0.05, 0.1) is 6.10 Å². The van der Waals surface area contributed by atoms with Crippen LogP contribution in [0.15, 0.2) is 30.8 Å². The van der Waals surface area contributed by atoms with Gasteiger partial charge in [0.1, 0.15) is 5.75 Å². The van der Waals surface area contributed by atoms with Gasteiger partial charge < -0.3 is 4.74 Å². The lowest BCUT2D eigenvalue weighted by Crippen LogP contribution is -2.11. The summed E-state index contributed by atoms with van der Waals surface area (Å²) in [5, 5.41) is 0. The van der Waals surface area contributed by atoms with Crippen molar-refractivity contribution < 1.29 is 4.74 Å². The van der Waals surface area contributed by atoms with E-state index in [1.807, 2.05) is 30.3 Å². The van der Waals surface area contributed by atoms with Crippen LogP contribution in [0.4, 0.5) is 0 Å². The van der Waals surface area contributed by atoms with E-state index in [0.29, 0.717) is 6.10 Å². The van der Waals surface area contributed by atoms with Gasteiger partial charge in [-0.25, -0.2) is 0 Å². The summed E-state index contributed by atoms with van der Waals surface area (Å²) in [4.78, 5) is 0. The Kier molecular flexibility index (Phi) is 2.87. The summed E-state index contributed by atoms with van der Waals surface area (Å²) in [6.07, 6.45) is 7.29. The zero-order valence-electron chi connectivity index (χ0n) is 8.41. The molecular weight excluding hydrogens is 172 g/mol. The molecule has 0 radical (unpaired) electrons. The summed E-state index contributed by atoms with van der Waals surface area (Å²) in [6.45, 7) is 3.79. The molecule has 0 atom stereocenters. The summed E-state index contributed by atoms with van der Waals surface area (Å²) < 4.78 is 5.93. The summed E-state index contributed by atoms with van der Waals surface area (Å²) in [6, 6.07) is 8.09. The molecule has 74 valence electrons. The van der Waals surface area contributed by atoms with Crippen molar-refractivity contribution in [2.75, 3.05) is 0 Å². The van der Waals surface area contributed by atoms with E-state index in [-0.39, 0.29) is 0 Å². The van der Waals surface area contributed by atoms with Crippen LogP contribution in [0.25, 0.3) is 6.08 Å². The van der Waals surface area contributed by atoms with Crippen molar-refractivity contribution in [3.05, 3.63) is 36.4 Å². The fraction of sp³-hybridized carbons (Fsp3) is 0.385. The summed E-state index contributed by atoms with van der Waals surface area (Å²) >= 11 is 0. The normalized spacial score (nSPS) is 16.9. The topological polar surface area (TPSA) is 9.23 Å². The maximum atomic E-state index is 5.93. The van der Waals surface area contributed by atoms with Crippen LogP contribution >= 0.6 is 0 Å². The third-order valence-electron chi connectivity index (χ3n) is 2.73. The highest BCUT2D eigenvalue weighted by Crippen LogP contribution is 2.26. The van der Waals surface area contributed by atoms with Gasteiger partial charge in [-0.2, -0.15) is 0 Å². The summed E-state index contributed by atoms with van der Waals surface area (Å²) in [5.41, 5.74) is 1.10. The van der Waals surface area contributed by atoms with E-state index in [2.05, 4.69) is 6.58 Å². The Morgan fingerprint density at radius 2 is 1.93 bits per heavy atom. The van der Waals surface area contributed by atoms with Crippen LogP contribution in [0.3, 0.4) is 0 Å². The first kappa shape index (κ1) is 9.32. The van der Waals surface area contributed by atoms with Crippen molar-refractivity contribution in [3.63, 3.8) is 0 Å². The van der Waals surface area contributed by atoms with Crippen LogP contribution in [-0.4, -0.2) is 6.10 Å². The smallest absolute Gasteiger partial charge is 0.126 e. The fourth-order valence-corrected chi connectivity index (χ4v) is 1.94. The number of para-hydroxylation sites is 1. The van der Waals surface area contributed by atoms with Gasteiger partial charge in [0, 0.05) is 5.56 Å². The minimum Gasteiger partial charge on any atom is -0.490 e. The van der Waals surface area contributed by atoms with Crippen LogP contribution in [0.5, 0.6) is 5.75 Å². The largest absolute Gasteiger partial charge is 0.490 e. The van der Waals surface area contributed by atoms with Gasteiger partial charge >= 0.3 is 0 Å². The van der Waals surface area contributed by atoms with E-state index < -0.39 is 0 Å². The van der Waals surface area contributed by atoms with E-state index in [0.717, 1.165) is 11.3 Å². The Labute approximate surface area is 85.4 Å². The molecule has 0 aromatic heterocycles. The third kappa shape index (κ3) is 1.98. The molecule has 1 aromatic carbocycles. The van der Waals surface area contributed by atoms with E-state index in [9.17, 15) is 0 Å². The lowest BCUT2D eigenvalue weighted by molar-refractivity contribution is 0.209. The first-order valence-electron chi connectivity index (χ1n) is 5.28. The Morgan fingerprint density at radius 3 is 2.64 bits per heavy atom. The average Bonchev–Trinajstić information content (AvgIpc) is 2.71. The van der Waals surface area contributed by atoms with Gasteiger partial charge in [-0.05, 0) is 31.7 Å². The monoisotopic (exact) mass is 188 g/mol. The number of benzene rings is 1. The lowest BCUT2D eigenvalue weighted by Gasteiger charge is -2.14. The number of rotatable bonds is 3. The van der Waals surface area contributed by atoms with Crippen LogP contribution in [0.2, 0.25) is 0 Å². The van der Waals surface area contributed by atoms with Crippen molar-refractivity contribution in [1.29, 1.82) is 0 Å². The van der Waals surface area contributed by atoms with E-state index in [1.165, 1.54) is 25.7 Å². The van der Waals surface area contributed by atoms with Crippen LogP contribution in [-0.2, 0) is 0 Å². The predicted octanol–water partition coefficient (Wildman–Crippen LogP) is 3.65. The number of hydrogen-bond acceptors (Lipinski definition) is 1. The molecule has 0 N–H and O–H groups in total. The zero-order valence-corrected chi connectivity index (χ0v) is 8.41. The molecule has 1 heteroatoms. The molecule has 2 rings (SSSR count). The number of hydrogen-bond donors (Lipinski definition) is 0. The van der Waals surface area contributed by atoms with Crippen molar-refractivity contribution >= 4 is 6.08 Å². The number of ether oxygens (including phenoxy) is 1. The first-order valence-corrected chi connectivity index (χ1v) is 5.28. The molecule has 0 spiro atoms. The summed E-state index contributed by atoms with van der Waals surface area (Å²) in [5.74, 6) is 0.981. The highest BCUT2D eigenvalue weighted by atomic mass is 16.5. The maximum absolute atomic E-state index is 5.93. The highest BCUT2D eigenvalue weighted by Gasteiger charge is 2.16. The highest BCUT2D eigenvalue weighted by molar-refractivity contribution is 5.55. The van der Waals surface area contributed by atoms with Crippen LogP contribution < -0.4 is 4.74 Å². The van der Waals surface area contributed by atoms with Gasteiger partial charge in [0.25, 0.3) is 0 Å². The van der Waals surface area contributed by atoms with Crippen molar-refractivity contribution in [3.8, 4) is 5.75 Å². The average molecular weight is 188 g/mol. The quantitative estimate of drug-likeness (QED) is 0.703. The second-order valence-electron chi connectivity index (χ2n) is 3.77. The molecule has 0 saturated heterocycles. The molecule has 1 saturated carbocycles. The Morgan fingerprint density at radius 1 is 1.21 bits per heavy atom. The molecule has 1 aliphatic rings. The third-order valence-corrected chi connectivity index (χ3v) is 2.73. The minimum absolute atomic E-state index is 0.427. The molecule has 0 bridgehead atoms. The lowest BCUT2D eigenvalue weighted by atomic mass is 10.2. The Bertz CT molecular complexity index is 311. The van der Waals surface area contributed by atoms with Gasteiger partial charge in [-0.1, -0.05) is 30.9 Å². The van der Waals surface area contributed by atoms with Crippen LogP contribution in [0.1, 0.15) is 31.2 Å². The zero-order chi connectivity index (χ0) is 9.80. The molecular formula is C13H16O. The maximum Gasteiger partial charge on any atom is 0.126 e. The van der Waals surface area contributed by atoms with Gasteiger partial charge in [0.15, 0.2) is 0 Å². The second kappa shape index (κ2) is 4.32. The van der Waals surface area contributed by atoms with Crippen LogP contribution in [0, 0.1) is 0 Å². The Hall–Kier alpha value is -1.24. The Balaban J connectivity index is 2.10. The standard InChI is InChI=1S/C13H16O/c1-2-11-7-3-6-10-13(11)14-12-8-4-5-9-12/h2-3,6-7,10,12H,1,4-5,8-9H2. The molecule has 1 aliphatic carbocycles. The molecule has 0 unspecified atom stereocenters. The van der Waals surface area contributed by atoms with Gasteiger partial charge in [-0.3, -0.25) is 0 Å². The molecule has 1 nitrogen and oxygen atoms in total. The predicted molar refractivity (Wildman–Crippen MR) is 59.4 cm³/mol. The summed E-state index contributed by atoms with van der Waals surface area (Å²) in [7, 11) is 0. The van der Waals surface area contributed by atoms with Gasteiger partial charge in [-0.15, -0.1) is 0 Å². The molecule has 1 fully saturated rings. The molecule has 0 aliphatic heterocycles. The SMILES string of the molecule is C=Cc1ccccc1OC1CCCC1. The van der Waals surface area contributed by atoms with Crippen molar-refractivity contribution in [2.24, 2.45) is 0 Å².